The largest absolute Gasteiger partial charge is 0.446 e. The van der Waals surface area contributed by atoms with Crippen LogP contribution < -0.4 is 0 Å². The minimum absolute atomic E-state index is 0.0317. The van der Waals surface area contributed by atoms with Crippen LogP contribution in [0, 0.1) is 6.92 Å². The Morgan fingerprint density at radius 2 is 1.53 bits per heavy atom. The van der Waals surface area contributed by atoms with Gasteiger partial charge in [0.15, 0.2) is 0 Å². The molecule has 2 aliphatic rings. The average molecular weight is 426 g/mol. The zero-order valence-electron chi connectivity index (χ0n) is 17.6. The Bertz CT molecular complexity index is 1130. The van der Waals surface area contributed by atoms with Crippen molar-refractivity contribution in [2.24, 2.45) is 5.16 Å². The summed E-state index contributed by atoms with van der Waals surface area (Å²) in [6.07, 6.45) is -1.30. The first kappa shape index (κ1) is 20.0. The van der Waals surface area contributed by atoms with Crippen molar-refractivity contribution in [1.29, 1.82) is 0 Å². The third kappa shape index (κ3) is 3.24. The average Bonchev–Trinajstić information content (AvgIpc) is 3.46. The molecule has 6 nitrogen and oxygen atoms in total. The van der Waals surface area contributed by atoms with Gasteiger partial charge in [0, 0.05) is 6.42 Å². The Morgan fingerprint density at radius 3 is 2.12 bits per heavy atom. The molecule has 32 heavy (non-hydrogen) atoms. The zero-order chi connectivity index (χ0) is 22.1. The summed E-state index contributed by atoms with van der Waals surface area (Å²) in [7, 11) is 0. The van der Waals surface area contributed by atoms with Gasteiger partial charge in [-0.25, -0.2) is 9.69 Å². The summed E-state index contributed by atoms with van der Waals surface area (Å²) >= 11 is 0. The summed E-state index contributed by atoms with van der Waals surface area (Å²) in [5.74, 6) is -0.467. The van der Waals surface area contributed by atoms with E-state index in [1.807, 2.05) is 91.9 Å². The third-order valence-electron chi connectivity index (χ3n) is 6.02. The van der Waals surface area contributed by atoms with Gasteiger partial charge in [-0.05, 0) is 23.6 Å². The highest BCUT2D eigenvalue weighted by atomic mass is 16.6. The predicted octanol–water partition coefficient (Wildman–Crippen LogP) is 4.41. The number of ether oxygens (including phenoxy) is 1. The fourth-order valence-electron chi connectivity index (χ4n) is 4.32. The third-order valence-corrected chi connectivity index (χ3v) is 6.02. The molecule has 3 aromatic rings. The maximum absolute atomic E-state index is 13.7. The lowest BCUT2D eigenvalue weighted by Crippen LogP contribution is -2.52. The van der Waals surface area contributed by atoms with Crippen LogP contribution in [-0.4, -0.2) is 35.3 Å². The van der Waals surface area contributed by atoms with Gasteiger partial charge in [-0.2, -0.15) is 0 Å². The fourth-order valence-corrected chi connectivity index (χ4v) is 4.32. The molecule has 6 heteroatoms. The minimum atomic E-state index is -1.08. The van der Waals surface area contributed by atoms with Crippen LogP contribution in [0.1, 0.15) is 28.7 Å². The van der Waals surface area contributed by atoms with E-state index in [1.165, 1.54) is 4.90 Å². The number of carbonyl (C=O) groups excluding carboxylic acids is 2. The molecule has 1 saturated heterocycles. The highest BCUT2D eigenvalue weighted by Gasteiger charge is 2.55. The molecular formula is C26H22N2O4. The second-order valence-corrected chi connectivity index (χ2v) is 8.02. The lowest BCUT2D eigenvalue weighted by atomic mass is 9.82. The van der Waals surface area contributed by atoms with E-state index in [2.05, 4.69) is 5.16 Å². The zero-order valence-corrected chi connectivity index (χ0v) is 17.6. The second-order valence-electron chi connectivity index (χ2n) is 8.02. The highest BCUT2D eigenvalue weighted by molar-refractivity contribution is 6.06. The molecule has 0 saturated carbocycles. The Kier molecular flexibility index (Phi) is 4.98. The first-order valence-corrected chi connectivity index (χ1v) is 10.5. The van der Waals surface area contributed by atoms with Gasteiger partial charge in [0.05, 0.1) is 5.71 Å². The van der Waals surface area contributed by atoms with Crippen molar-refractivity contribution in [2.75, 3.05) is 6.61 Å². The quantitative estimate of drug-likeness (QED) is 0.620. The standard InChI is InChI=1S/C26H22N2O4/c1-18-12-14-19(15-13-18)22-16-23(32-27-22)24(29)28-25(30)31-17-26(28,20-8-4-2-5-9-20)21-10-6-3-7-11-21/h2-15,23H,16-17H2,1H3. The highest BCUT2D eigenvalue weighted by Crippen LogP contribution is 2.42. The van der Waals surface area contributed by atoms with Crippen molar-refractivity contribution in [2.45, 2.75) is 25.0 Å². The van der Waals surface area contributed by atoms with Crippen LogP contribution in [0.3, 0.4) is 0 Å². The normalized spacial score (nSPS) is 19.3. The lowest BCUT2D eigenvalue weighted by Gasteiger charge is -2.35. The van der Waals surface area contributed by atoms with Crippen molar-refractivity contribution in [1.82, 2.24) is 4.90 Å². The van der Waals surface area contributed by atoms with E-state index in [4.69, 9.17) is 9.57 Å². The van der Waals surface area contributed by atoms with E-state index in [0.717, 1.165) is 22.3 Å². The first-order valence-electron chi connectivity index (χ1n) is 10.5. The summed E-state index contributed by atoms with van der Waals surface area (Å²) in [6.45, 7) is 2.04. The lowest BCUT2D eigenvalue weighted by molar-refractivity contribution is -0.141. The molecule has 5 rings (SSSR count). The topological polar surface area (TPSA) is 68.2 Å². The number of oxime groups is 1. The Balaban J connectivity index is 1.50. The Morgan fingerprint density at radius 1 is 0.938 bits per heavy atom. The fraction of sp³-hybridized carbons (Fsp3) is 0.192. The van der Waals surface area contributed by atoms with E-state index >= 15 is 0 Å². The number of hydrogen-bond acceptors (Lipinski definition) is 5. The number of benzene rings is 3. The van der Waals surface area contributed by atoms with Gasteiger partial charge in [-0.15, -0.1) is 0 Å². The summed E-state index contributed by atoms with van der Waals surface area (Å²) < 4.78 is 5.47. The summed E-state index contributed by atoms with van der Waals surface area (Å²) in [4.78, 5) is 33.3. The molecule has 3 aromatic carbocycles. The van der Waals surface area contributed by atoms with Crippen LogP contribution in [-0.2, 0) is 19.9 Å². The van der Waals surface area contributed by atoms with Crippen LogP contribution in [0.4, 0.5) is 4.79 Å². The van der Waals surface area contributed by atoms with E-state index < -0.39 is 23.6 Å². The van der Waals surface area contributed by atoms with Crippen LogP contribution >= 0.6 is 0 Å². The van der Waals surface area contributed by atoms with E-state index in [-0.39, 0.29) is 13.0 Å². The van der Waals surface area contributed by atoms with Gasteiger partial charge in [0.25, 0.3) is 5.91 Å². The minimum Gasteiger partial charge on any atom is -0.446 e. The second kappa shape index (κ2) is 7.96. The van der Waals surface area contributed by atoms with Crippen LogP contribution in [0.5, 0.6) is 0 Å². The molecule has 0 spiro atoms. The van der Waals surface area contributed by atoms with Crippen molar-refractivity contribution < 1.29 is 19.2 Å². The number of nitrogens with zero attached hydrogens (tertiary/aromatic N) is 2. The molecule has 1 fully saturated rings. The number of carbonyl (C=O) groups is 2. The molecule has 0 radical (unpaired) electrons. The molecule has 0 N–H and O–H groups in total. The van der Waals surface area contributed by atoms with E-state index in [9.17, 15) is 9.59 Å². The van der Waals surface area contributed by atoms with E-state index in [0.29, 0.717) is 5.71 Å². The van der Waals surface area contributed by atoms with Gasteiger partial charge in [-0.1, -0.05) is 95.6 Å². The molecule has 0 bridgehead atoms. The first-order chi connectivity index (χ1) is 15.6. The molecule has 2 amide bonds. The summed E-state index contributed by atoms with van der Waals surface area (Å²) in [6, 6.07) is 26.8. The van der Waals surface area contributed by atoms with Crippen LogP contribution in [0.15, 0.2) is 90.1 Å². The molecule has 0 aromatic heterocycles. The Hall–Kier alpha value is -3.93. The van der Waals surface area contributed by atoms with Crippen molar-refractivity contribution in [3.8, 4) is 0 Å². The summed E-state index contributed by atoms with van der Waals surface area (Å²) in [5.41, 5.74) is 3.22. The number of amides is 2. The SMILES string of the molecule is Cc1ccc(C2=NOC(C(=O)N3C(=O)OCC3(c3ccccc3)c3ccccc3)C2)cc1. The summed E-state index contributed by atoms with van der Waals surface area (Å²) in [5, 5.41) is 4.14. The van der Waals surface area contributed by atoms with Gasteiger partial charge < -0.3 is 9.57 Å². The van der Waals surface area contributed by atoms with Crippen LogP contribution in [0.25, 0.3) is 0 Å². The van der Waals surface area contributed by atoms with Crippen molar-refractivity contribution >= 4 is 17.7 Å². The van der Waals surface area contributed by atoms with Crippen molar-refractivity contribution in [3.63, 3.8) is 0 Å². The molecule has 1 unspecified atom stereocenters. The number of imide groups is 1. The number of cyclic esters (lactones) is 1. The van der Waals surface area contributed by atoms with Gasteiger partial charge in [0.1, 0.15) is 12.1 Å². The maximum atomic E-state index is 13.7. The molecule has 0 aliphatic carbocycles. The molecule has 1 atom stereocenters. The Labute approximate surface area is 186 Å². The van der Waals surface area contributed by atoms with Crippen molar-refractivity contribution in [3.05, 3.63) is 107 Å². The van der Waals surface area contributed by atoms with Gasteiger partial charge in [-0.3, -0.25) is 4.79 Å². The number of aryl methyl sites for hydroxylation is 1. The molecule has 2 aliphatic heterocycles. The monoisotopic (exact) mass is 426 g/mol. The van der Waals surface area contributed by atoms with Gasteiger partial charge in [0.2, 0.25) is 6.10 Å². The molecule has 2 heterocycles. The number of hydrogen-bond donors (Lipinski definition) is 0. The predicted molar refractivity (Wildman–Crippen MR) is 119 cm³/mol. The molecule has 160 valence electrons. The van der Waals surface area contributed by atoms with E-state index in [1.54, 1.807) is 0 Å². The van der Waals surface area contributed by atoms with Gasteiger partial charge >= 0.3 is 6.09 Å². The maximum Gasteiger partial charge on any atom is 0.417 e. The van der Waals surface area contributed by atoms with Crippen LogP contribution in [0.2, 0.25) is 0 Å². The number of rotatable bonds is 4. The molecular weight excluding hydrogens is 404 g/mol. The smallest absolute Gasteiger partial charge is 0.417 e.